The van der Waals surface area contributed by atoms with Gasteiger partial charge in [-0.25, -0.2) is 15.0 Å². The number of thiazole rings is 1. The lowest BCUT2D eigenvalue weighted by molar-refractivity contribution is -0.153. The van der Waals surface area contributed by atoms with Crippen LogP contribution in [0, 0.1) is 6.92 Å². The van der Waals surface area contributed by atoms with E-state index in [1.54, 1.807) is 17.5 Å². The number of alkyl halides is 3. The van der Waals surface area contributed by atoms with E-state index in [4.69, 9.17) is 0 Å². The van der Waals surface area contributed by atoms with Gasteiger partial charge in [0.15, 0.2) is 0 Å². The highest BCUT2D eigenvalue weighted by molar-refractivity contribution is 7.15. The van der Waals surface area contributed by atoms with E-state index in [1.807, 2.05) is 30.0 Å². The molecule has 2 saturated heterocycles. The summed E-state index contributed by atoms with van der Waals surface area (Å²) in [7, 11) is 0. The number of aryl methyl sites for hydroxylation is 1. The summed E-state index contributed by atoms with van der Waals surface area (Å²) in [6, 6.07) is 6.48. The number of β-lactam (4-membered cyclic amide) rings is 1. The Labute approximate surface area is 180 Å². The monoisotopic (exact) mass is 445 g/mol. The molecular weight excluding hydrogens is 427 g/mol. The van der Waals surface area contributed by atoms with E-state index in [1.165, 1.54) is 0 Å². The van der Waals surface area contributed by atoms with Crippen LogP contribution in [0.4, 0.5) is 24.8 Å². The van der Waals surface area contributed by atoms with Crippen molar-refractivity contribution in [1.82, 2.24) is 19.9 Å². The average molecular weight is 445 g/mol. The van der Waals surface area contributed by atoms with Gasteiger partial charge in [0.1, 0.15) is 16.2 Å². The van der Waals surface area contributed by atoms with Crippen LogP contribution in [0.2, 0.25) is 0 Å². The van der Waals surface area contributed by atoms with Gasteiger partial charge < -0.3 is 10.2 Å². The molecule has 1 amide bonds. The van der Waals surface area contributed by atoms with Crippen LogP contribution < -0.4 is 5.32 Å². The predicted octanol–water partition coefficient (Wildman–Crippen LogP) is 4.89. The highest BCUT2D eigenvalue weighted by Gasteiger charge is 2.56. The number of aromatic nitrogens is 3. The highest BCUT2D eigenvalue weighted by atomic mass is 32.1. The molecule has 1 N–H and O–H groups in total. The number of nitrogens with one attached hydrogen (secondary N) is 1. The number of nitrogens with zero attached hydrogens (tertiary/aromatic N) is 4. The molecule has 3 aromatic rings. The van der Waals surface area contributed by atoms with Gasteiger partial charge in [0, 0.05) is 24.6 Å². The van der Waals surface area contributed by atoms with Gasteiger partial charge in [0.2, 0.25) is 11.9 Å². The summed E-state index contributed by atoms with van der Waals surface area (Å²) in [5.74, 6) is 0.0576. The Hall–Kier alpha value is -3.01. The van der Waals surface area contributed by atoms with Crippen molar-refractivity contribution in [3.8, 4) is 10.4 Å². The fourth-order valence-corrected chi connectivity index (χ4v) is 5.43. The van der Waals surface area contributed by atoms with Crippen molar-refractivity contribution in [3.05, 3.63) is 52.9 Å². The quantitative estimate of drug-likeness (QED) is 0.579. The SMILES string of the molecule is Cc1cc(Nc2nccc(C(F)(F)F)n2)cc(-c2cnc(C34CCCN3C(=O)C4)s2)c1. The van der Waals surface area contributed by atoms with E-state index in [0.29, 0.717) is 12.1 Å². The Morgan fingerprint density at radius 1 is 1.23 bits per heavy atom. The minimum absolute atomic E-state index is 0.121. The largest absolute Gasteiger partial charge is 0.433 e. The first-order valence-electron chi connectivity index (χ1n) is 9.81. The molecular formula is C21H18F3N5OS. The summed E-state index contributed by atoms with van der Waals surface area (Å²) in [6.07, 6.45) is 0.764. The van der Waals surface area contributed by atoms with Crippen molar-refractivity contribution < 1.29 is 18.0 Å². The lowest BCUT2D eigenvalue weighted by atomic mass is 9.85. The molecule has 0 radical (unpaired) electrons. The van der Waals surface area contributed by atoms with Gasteiger partial charge in [-0.3, -0.25) is 4.79 Å². The number of halogens is 3. The molecule has 2 fully saturated rings. The number of carbonyl (C=O) groups is 1. The van der Waals surface area contributed by atoms with Gasteiger partial charge in [-0.1, -0.05) is 6.07 Å². The topological polar surface area (TPSA) is 71.0 Å². The maximum absolute atomic E-state index is 12.9. The fourth-order valence-electron chi connectivity index (χ4n) is 4.30. The van der Waals surface area contributed by atoms with E-state index in [2.05, 4.69) is 20.3 Å². The van der Waals surface area contributed by atoms with Crippen LogP contribution in [0.15, 0.2) is 36.7 Å². The van der Waals surface area contributed by atoms with Gasteiger partial charge in [-0.05, 0) is 49.1 Å². The molecule has 2 aliphatic rings. The zero-order valence-electron chi connectivity index (χ0n) is 16.5. The molecule has 5 rings (SSSR count). The van der Waals surface area contributed by atoms with Crippen LogP contribution >= 0.6 is 11.3 Å². The van der Waals surface area contributed by atoms with Crippen LogP contribution in [0.3, 0.4) is 0 Å². The summed E-state index contributed by atoms with van der Waals surface area (Å²) in [5, 5.41) is 3.81. The molecule has 6 nitrogen and oxygen atoms in total. The third-order valence-corrected chi connectivity index (χ3v) is 6.94. The smallest absolute Gasteiger partial charge is 0.330 e. The minimum Gasteiger partial charge on any atom is -0.330 e. The number of carbonyl (C=O) groups excluding carboxylic acids is 1. The Kier molecular flexibility index (Phi) is 4.51. The standard InChI is InChI=1S/C21H18F3N5OS/c1-12-7-13(9-14(8-12)27-19-25-5-3-16(28-19)21(22,23)24)15-11-26-18(31-15)20-4-2-6-29(20)17(30)10-20/h3,5,7-9,11H,2,4,6,10H2,1H3,(H,25,27,28). The fraction of sp³-hybridized carbons (Fsp3) is 0.333. The second-order valence-corrected chi connectivity index (χ2v) is 8.89. The van der Waals surface area contributed by atoms with Gasteiger partial charge in [-0.2, -0.15) is 13.2 Å². The highest BCUT2D eigenvalue weighted by Crippen LogP contribution is 2.51. The van der Waals surface area contributed by atoms with Gasteiger partial charge in [0.05, 0.1) is 11.3 Å². The van der Waals surface area contributed by atoms with Crippen LogP contribution in [0.1, 0.15) is 35.5 Å². The molecule has 31 heavy (non-hydrogen) atoms. The minimum atomic E-state index is -4.54. The lowest BCUT2D eigenvalue weighted by Crippen LogP contribution is -2.57. The van der Waals surface area contributed by atoms with Crippen LogP contribution in [0.5, 0.6) is 0 Å². The van der Waals surface area contributed by atoms with E-state index < -0.39 is 11.9 Å². The number of hydrogen-bond acceptors (Lipinski definition) is 6. The zero-order chi connectivity index (χ0) is 21.8. The van der Waals surface area contributed by atoms with Crippen LogP contribution in [-0.2, 0) is 16.5 Å². The van der Waals surface area contributed by atoms with Gasteiger partial charge >= 0.3 is 6.18 Å². The lowest BCUT2D eigenvalue weighted by Gasteiger charge is -2.45. The molecule has 0 bridgehead atoms. The second kappa shape index (κ2) is 7.01. The maximum atomic E-state index is 12.9. The van der Waals surface area contributed by atoms with E-state index in [-0.39, 0.29) is 17.4 Å². The van der Waals surface area contributed by atoms with E-state index in [9.17, 15) is 18.0 Å². The summed E-state index contributed by atoms with van der Waals surface area (Å²) >= 11 is 1.56. The van der Waals surface area contributed by atoms with E-state index >= 15 is 0 Å². The Morgan fingerprint density at radius 3 is 2.84 bits per heavy atom. The number of benzene rings is 1. The van der Waals surface area contributed by atoms with Crippen molar-refractivity contribution in [2.45, 2.75) is 37.9 Å². The van der Waals surface area contributed by atoms with E-state index in [0.717, 1.165) is 52.7 Å². The molecule has 160 valence electrons. The third-order valence-electron chi connectivity index (χ3n) is 5.70. The molecule has 1 aromatic carbocycles. The number of anilines is 2. The third kappa shape index (κ3) is 3.44. The first-order chi connectivity index (χ1) is 14.7. The Balaban J connectivity index is 1.43. The summed E-state index contributed by atoms with van der Waals surface area (Å²) in [4.78, 5) is 26.9. The number of fused-ring (bicyclic) bond motifs is 1. The Bertz CT molecular complexity index is 1180. The number of hydrogen-bond donors (Lipinski definition) is 1. The first kappa shape index (κ1) is 19.9. The maximum Gasteiger partial charge on any atom is 0.433 e. The first-order valence-corrected chi connectivity index (χ1v) is 10.6. The van der Waals surface area contributed by atoms with Crippen molar-refractivity contribution in [2.75, 3.05) is 11.9 Å². The normalized spacial score (nSPS) is 20.5. The molecule has 2 aliphatic heterocycles. The molecule has 0 saturated carbocycles. The molecule has 1 atom stereocenters. The average Bonchev–Trinajstić information content (AvgIpc) is 3.32. The van der Waals surface area contributed by atoms with Crippen molar-refractivity contribution in [2.24, 2.45) is 0 Å². The summed E-state index contributed by atoms with van der Waals surface area (Å²) in [6.45, 7) is 2.69. The van der Waals surface area contributed by atoms with Gasteiger partial charge in [-0.15, -0.1) is 11.3 Å². The Morgan fingerprint density at radius 2 is 2.06 bits per heavy atom. The summed E-state index contributed by atoms with van der Waals surface area (Å²) in [5.41, 5.74) is 1.16. The molecule has 2 aromatic heterocycles. The van der Waals surface area contributed by atoms with Crippen molar-refractivity contribution in [1.29, 1.82) is 0 Å². The predicted molar refractivity (Wildman–Crippen MR) is 110 cm³/mol. The molecule has 1 unspecified atom stereocenters. The van der Waals surface area contributed by atoms with Crippen LogP contribution in [0.25, 0.3) is 10.4 Å². The summed E-state index contributed by atoms with van der Waals surface area (Å²) < 4.78 is 38.8. The molecule has 4 heterocycles. The molecule has 0 spiro atoms. The molecule has 10 heteroatoms. The van der Waals surface area contributed by atoms with Crippen molar-refractivity contribution in [3.63, 3.8) is 0 Å². The number of amides is 1. The number of rotatable bonds is 4. The zero-order valence-corrected chi connectivity index (χ0v) is 17.3. The van der Waals surface area contributed by atoms with Crippen LogP contribution in [-0.4, -0.2) is 32.3 Å². The molecule has 0 aliphatic carbocycles. The van der Waals surface area contributed by atoms with Crippen molar-refractivity contribution >= 4 is 28.9 Å². The van der Waals surface area contributed by atoms with Gasteiger partial charge in [0.25, 0.3) is 0 Å². The second-order valence-electron chi connectivity index (χ2n) is 7.86.